The molecule has 9 heteroatoms. The van der Waals surface area contributed by atoms with E-state index in [0.29, 0.717) is 23.0 Å². The summed E-state index contributed by atoms with van der Waals surface area (Å²) in [5.41, 5.74) is 3.21. The van der Waals surface area contributed by atoms with Crippen LogP contribution in [0.25, 0.3) is 16.5 Å². The van der Waals surface area contributed by atoms with Crippen LogP contribution in [0.2, 0.25) is 0 Å². The predicted octanol–water partition coefficient (Wildman–Crippen LogP) is 3.18. The van der Waals surface area contributed by atoms with Crippen molar-refractivity contribution < 1.29 is 9.21 Å². The van der Waals surface area contributed by atoms with Crippen LogP contribution in [-0.4, -0.2) is 31.1 Å². The summed E-state index contributed by atoms with van der Waals surface area (Å²) in [6.45, 7) is 3.79. The lowest BCUT2D eigenvalue weighted by Gasteiger charge is -2.10. The molecule has 0 saturated heterocycles. The summed E-state index contributed by atoms with van der Waals surface area (Å²) in [4.78, 5) is 16.9. The smallest absolute Gasteiger partial charge is 0.230 e. The minimum atomic E-state index is -0.144. The van der Waals surface area contributed by atoms with Gasteiger partial charge in [0.1, 0.15) is 0 Å². The molecular formula is C18H16N6O2S. The lowest BCUT2D eigenvalue weighted by atomic mass is 10.1. The summed E-state index contributed by atoms with van der Waals surface area (Å²) in [6.07, 6.45) is 1.79. The molecule has 0 aliphatic rings. The van der Waals surface area contributed by atoms with Crippen molar-refractivity contribution in [3.8, 4) is 16.5 Å². The molecule has 136 valence electrons. The van der Waals surface area contributed by atoms with Gasteiger partial charge in [0.05, 0.1) is 24.1 Å². The number of nitrogens with zero attached hydrogens (tertiary/aromatic N) is 5. The van der Waals surface area contributed by atoms with E-state index in [4.69, 9.17) is 4.42 Å². The van der Waals surface area contributed by atoms with Gasteiger partial charge in [0.2, 0.25) is 5.91 Å². The molecule has 3 aromatic heterocycles. The highest BCUT2D eigenvalue weighted by atomic mass is 32.1. The highest BCUT2D eigenvalue weighted by molar-refractivity contribution is 7.13. The second-order valence-corrected chi connectivity index (χ2v) is 6.84. The summed E-state index contributed by atoms with van der Waals surface area (Å²) in [6, 6.07) is 9.28. The molecule has 1 aromatic carbocycles. The van der Waals surface area contributed by atoms with Crippen molar-refractivity contribution in [2.45, 2.75) is 20.3 Å². The number of thiazole rings is 1. The minimum absolute atomic E-state index is 0.144. The van der Waals surface area contributed by atoms with E-state index in [-0.39, 0.29) is 12.3 Å². The lowest BCUT2D eigenvalue weighted by molar-refractivity contribution is -0.115. The number of tetrazole rings is 1. The number of amides is 1. The van der Waals surface area contributed by atoms with Gasteiger partial charge in [0, 0.05) is 11.1 Å². The van der Waals surface area contributed by atoms with E-state index in [0.717, 1.165) is 16.3 Å². The van der Waals surface area contributed by atoms with Crippen molar-refractivity contribution in [1.29, 1.82) is 0 Å². The fourth-order valence-electron chi connectivity index (χ4n) is 2.64. The van der Waals surface area contributed by atoms with Crippen molar-refractivity contribution in [3.05, 3.63) is 59.1 Å². The Labute approximate surface area is 158 Å². The van der Waals surface area contributed by atoms with Gasteiger partial charge in [-0.15, -0.1) is 16.4 Å². The molecule has 0 unspecified atom stereocenters. The fraction of sp³-hybridized carbons (Fsp3) is 0.167. The molecule has 3 heterocycles. The van der Waals surface area contributed by atoms with Crippen molar-refractivity contribution in [2.24, 2.45) is 0 Å². The van der Waals surface area contributed by atoms with Gasteiger partial charge in [-0.1, -0.05) is 6.07 Å². The van der Waals surface area contributed by atoms with E-state index in [1.807, 2.05) is 49.6 Å². The van der Waals surface area contributed by atoms with Crippen molar-refractivity contribution in [2.75, 3.05) is 5.32 Å². The third-order valence-electron chi connectivity index (χ3n) is 3.97. The van der Waals surface area contributed by atoms with Gasteiger partial charge < -0.3 is 9.73 Å². The normalized spacial score (nSPS) is 10.9. The zero-order chi connectivity index (χ0) is 18.8. The van der Waals surface area contributed by atoms with Gasteiger partial charge in [-0.25, -0.2) is 4.98 Å². The molecule has 0 spiro atoms. The monoisotopic (exact) mass is 380 g/mol. The van der Waals surface area contributed by atoms with E-state index >= 15 is 0 Å². The Morgan fingerprint density at radius 2 is 2.19 bits per heavy atom. The molecule has 4 aromatic rings. The second-order valence-electron chi connectivity index (χ2n) is 5.99. The number of furan rings is 1. The number of benzene rings is 1. The first kappa shape index (κ1) is 17.1. The third-order valence-corrected chi connectivity index (χ3v) is 4.88. The molecule has 0 aliphatic heterocycles. The largest absolute Gasteiger partial charge is 0.462 e. The van der Waals surface area contributed by atoms with Crippen molar-refractivity contribution >= 4 is 22.9 Å². The first-order valence-electron chi connectivity index (χ1n) is 8.24. The van der Waals surface area contributed by atoms with E-state index in [9.17, 15) is 4.79 Å². The number of hydrogen-bond donors (Lipinski definition) is 1. The zero-order valence-electron chi connectivity index (χ0n) is 14.7. The van der Waals surface area contributed by atoms with Crippen LogP contribution >= 0.6 is 11.3 Å². The Morgan fingerprint density at radius 1 is 1.30 bits per heavy atom. The van der Waals surface area contributed by atoms with Gasteiger partial charge in [0.15, 0.2) is 16.6 Å². The van der Waals surface area contributed by atoms with Crippen LogP contribution in [0.3, 0.4) is 0 Å². The summed E-state index contributed by atoms with van der Waals surface area (Å²) >= 11 is 1.45. The maximum Gasteiger partial charge on any atom is 0.230 e. The Morgan fingerprint density at radius 3 is 2.93 bits per heavy atom. The number of carbonyl (C=O) groups excluding carboxylic acids is 1. The number of nitrogens with one attached hydrogen (secondary N) is 1. The van der Waals surface area contributed by atoms with Crippen molar-refractivity contribution in [3.63, 3.8) is 0 Å². The Balaban J connectivity index is 1.48. The maximum atomic E-state index is 12.4. The molecule has 0 fully saturated rings. The zero-order valence-corrected chi connectivity index (χ0v) is 15.5. The molecular weight excluding hydrogens is 364 g/mol. The molecule has 8 nitrogen and oxygen atoms in total. The quantitative estimate of drug-likeness (QED) is 0.571. The molecule has 0 bridgehead atoms. The number of hydrogen-bond acceptors (Lipinski definition) is 7. The predicted molar refractivity (Wildman–Crippen MR) is 101 cm³/mol. The topological polar surface area (TPSA) is 98.7 Å². The van der Waals surface area contributed by atoms with Crippen LogP contribution in [0.1, 0.15) is 17.1 Å². The fourth-order valence-corrected chi connectivity index (χ4v) is 3.43. The van der Waals surface area contributed by atoms with Crippen LogP contribution in [0.5, 0.6) is 0 Å². The number of rotatable bonds is 5. The van der Waals surface area contributed by atoms with Crippen LogP contribution in [0.4, 0.5) is 5.69 Å². The van der Waals surface area contributed by atoms with Gasteiger partial charge in [0.25, 0.3) is 0 Å². The van der Waals surface area contributed by atoms with Crippen LogP contribution < -0.4 is 5.32 Å². The number of aromatic nitrogens is 5. The summed E-state index contributed by atoms with van der Waals surface area (Å²) in [7, 11) is 0. The Kier molecular flexibility index (Phi) is 4.51. The molecule has 1 N–H and O–H groups in total. The van der Waals surface area contributed by atoms with Gasteiger partial charge in [-0.2, -0.15) is 4.68 Å². The standard InChI is InChI=1S/C18H16N6O2S/c1-11-5-6-13(8-15(11)24-12(2)21-22-23-24)19-17(25)9-14-10-27-18(20-14)16-4-3-7-26-16/h3-8,10H,9H2,1-2H3,(H,19,25). The third kappa shape index (κ3) is 3.63. The van der Waals surface area contributed by atoms with Crippen LogP contribution in [0.15, 0.2) is 46.4 Å². The summed E-state index contributed by atoms with van der Waals surface area (Å²) in [5.74, 6) is 1.23. The number of aryl methyl sites for hydroxylation is 2. The van der Waals surface area contributed by atoms with Gasteiger partial charge in [-0.3, -0.25) is 4.79 Å². The number of carbonyl (C=O) groups is 1. The highest BCUT2D eigenvalue weighted by Crippen LogP contribution is 2.24. The average Bonchev–Trinajstić information content (AvgIpc) is 3.38. The molecule has 0 aliphatic carbocycles. The van der Waals surface area contributed by atoms with E-state index < -0.39 is 0 Å². The first-order valence-corrected chi connectivity index (χ1v) is 9.12. The first-order chi connectivity index (χ1) is 13.1. The van der Waals surface area contributed by atoms with E-state index in [1.54, 1.807) is 10.9 Å². The molecule has 27 heavy (non-hydrogen) atoms. The van der Waals surface area contributed by atoms with Crippen LogP contribution in [0, 0.1) is 13.8 Å². The maximum absolute atomic E-state index is 12.4. The summed E-state index contributed by atoms with van der Waals surface area (Å²) in [5, 5.41) is 17.1. The van der Waals surface area contributed by atoms with Crippen molar-refractivity contribution in [1.82, 2.24) is 25.2 Å². The number of anilines is 1. The highest BCUT2D eigenvalue weighted by Gasteiger charge is 2.12. The van der Waals surface area contributed by atoms with E-state index in [1.165, 1.54) is 11.3 Å². The Hall–Kier alpha value is -3.33. The molecule has 0 radical (unpaired) electrons. The molecule has 0 atom stereocenters. The SMILES string of the molecule is Cc1ccc(NC(=O)Cc2csc(-c3ccco3)n2)cc1-n1nnnc1C. The summed E-state index contributed by atoms with van der Waals surface area (Å²) < 4.78 is 6.97. The second kappa shape index (κ2) is 7.12. The van der Waals surface area contributed by atoms with Gasteiger partial charge >= 0.3 is 0 Å². The molecule has 1 amide bonds. The molecule has 4 rings (SSSR count). The van der Waals surface area contributed by atoms with E-state index in [2.05, 4.69) is 25.8 Å². The molecule has 0 saturated carbocycles. The minimum Gasteiger partial charge on any atom is -0.462 e. The lowest BCUT2D eigenvalue weighted by Crippen LogP contribution is -2.15. The van der Waals surface area contributed by atoms with Crippen LogP contribution in [-0.2, 0) is 11.2 Å². The van der Waals surface area contributed by atoms with Gasteiger partial charge in [-0.05, 0) is 54.1 Å². The average molecular weight is 380 g/mol. The Bertz CT molecular complexity index is 1080.